The third kappa shape index (κ3) is 2.08. The molecule has 2 aromatic rings. The molecule has 2 heterocycles. The van der Waals surface area contributed by atoms with Crippen molar-refractivity contribution in [2.45, 2.75) is 19.4 Å². The Kier molecular flexibility index (Phi) is 3.18. The quantitative estimate of drug-likeness (QED) is 0.806. The fourth-order valence-electron chi connectivity index (χ4n) is 2.35. The minimum Gasteiger partial charge on any atom is -0.315 e. The maximum Gasteiger partial charge on any atom is 0.261 e. The number of rotatable bonds is 0. The summed E-state index contributed by atoms with van der Waals surface area (Å²) >= 11 is 3.42. The van der Waals surface area contributed by atoms with E-state index in [2.05, 4.69) is 26.2 Å². The fraction of sp³-hybridized carbons (Fsp3) is 0.385. The Morgan fingerprint density at radius 1 is 1.33 bits per heavy atom. The van der Waals surface area contributed by atoms with E-state index < -0.39 is 0 Å². The lowest BCUT2D eigenvalue weighted by Gasteiger charge is -2.17. The van der Waals surface area contributed by atoms with Crippen molar-refractivity contribution in [1.29, 1.82) is 0 Å². The molecule has 4 nitrogen and oxygen atoms in total. The summed E-state index contributed by atoms with van der Waals surface area (Å²) in [6.07, 6.45) is 1.87. The lowest BCUT2D eigenvalue weighted by Crippen LogP contribution is -2.33. The highest BCUT2D eigenvalue weighted by atomic mass is 79.9. The molecule has 1 aliphatic heterocycles. The summed E-state index contributed by atoms with van der Waals surface area (Å²) in [7, 11) is 0. The van der Waals surface area contributed by atoms with E-state index in [1.807, 2.05) is 22.8 Å². The minimum atomic E-state index is 0.0752. The van der Waals surface area contributed by atoms with Gasteiger partial charge in [0.2, 0.25) is 0 Å². The Morgan fingerprint density at radius 3 is 3.11 bits per heavy atom. The molecular weight excluding hydrogens is 294 g/mol. The van der Waals surface area contributed by atoms with Crippen molar-refractivity contribution >= 4 is 26.8 Å². The number of hydrogen-bond acceptors (Lipinski definition) is 3. The molecule has 0 amide bonds. The second-order valence-electron chi connectivity index (χ2n) is 4.50. The second-order valence-corrected chi connectivity index (χ2v) is 5.42. The van der Waals surface area contributed by atoms with Crippen molar-refractivity contribution in [3.8, 4) is 0 Å². The zero-order valence-corrected chi connectivity index (χ0v) is 11.5. The molecule has 18 heavy (non-hydrogen) atoms. The number of hydrogen-bond donors (Lipinski definition) is 1. The number of aryl methyl sites for hydroxylation is 1. The molecule has 3 rings (SSSR count). The Balaban J connectivity index is 2.26. The van der Waals surface area contributed by atoms with Crippen LogP contribution in [0.15, 0.2) is 27.5 Å². The van der Waals surface area contributed by atoms with Gasteiger partial charge in [-0.1, -0.05) is 15.9 Å². The first kappa shape index (κ1) is 11.9. The third-order valence-electron chi connectivity index (χ3n) is 3.26. The minimum absolute atomic E-state index is 0.0752. The predicted octanol–water partition coefficient (Wildman–Crippen LogP) is 1.69. The van der Waals surface area contributed by atoms with Crippen LogP contribution < -0.4 is 10.9 Å². The second kappa shape index (κ2) is 4.82. The van der Waals surface area contributed by atoms with Crippen LogP contribution in [0.4, 0.5) is 0 Å². The highest BCUT2D eigenvalue weighted by Crippen LogP contribution is 2.16. The molecular formula is C13H14BrN3O. The zero-order chi connectivity index (χ0) is 12.5. The fourth-order valence-corrected chi connectivity index (χ4v) is 2.70. The van der Waals surface area contributed by atoms with Gasteiger partial charge in [0, 0.05) is 24.0 Å². The Labute approximate surface area is 113 Å². The van der Waals surface area contributed by atoms with Gasteiger partial charge in [0.25, 0.3) is 5.56 Å². The van der Waals surface area contributed by atoms with E-state index in [1.165, 1.54) is 0 Å². The van der Waals surface area contributed by atoms with Crippen LogP contribution >= 0.6 is 15.9 Å². The number of fused-ring (bicyclic) bond motifs is 2. The number of benzene rings is 1. The molecule has 0 bridgehead atoms. The topological polar surface area (TPSA) is 46.9 Å². The standard InChI is InChI=1S/C13H14BrN3O/c14-9-3-4-10-11(8-9)16-12-2-1-5-15-6-7-17(12)13(10)18/h3-4,8,15H,1-2,5-7H2. The summed E-state index contributed by atoms with van der Waals surface area (Å²) in [5.41, 5.74) is 0.861. The molecule has 1 aliphatic rings. The number of halogens is 1. The maximum absolute atomic E-state index is 12.4. The maximum atomic E-state index is 12.4. The van der Waals surface area contributed by atoms with Crippen molar-refractivity contribution in [3.63, 3.8) is 0 Å². The SMILES string of the molecule is O=c1c2ccc(Br)cc2nc2n1CCNCCC2. The van der Waals surface area contributed by atoms with Crippen molar-refractivity contribution in [2.75, 3.05) is 13.1 Å². The molecule has 5 heteroatoms. The van der Waals surface area contributed by atoms with Gasteiger partial charge in [0.1, 0.15) is 5.82 Å². The third-order valence-corrected chi connectivity index (χ3v) is 3.76. The highest BCUT2D eigenvalue weighted by Gasteiger charge is 2.12. The summed E-state index contributed by atoms with van der Waals surface area (Å²) in [5.74, 6) is 0.909. The lowest BCUT2D eigenvalue weighted by atomic mass is 10.2. The van der Waals surface area contributed by atoms with Crippen LogP contribution in [0.2, 0.25) is 0 Å². The van der Waals surface area contributed by atoms with E-state index >= 15 is 0 Å². The summed E-state index contributed by atoms with van der Waals surface area (Å²) < 4.78 is 2.77. The Morgan fingerprint density at radius 2 is 2.22 bits per heavy atom. The summed E-state index contributed by atoms with van der Waals surface area (Å²) in [5, 5.41) is 4.01. The van der Waals surface area contributed by atoms with Crippen LogP contribution in [0, 0.1) is 0 Å². The van der Waals surface area contributed by atoms with Crippen LogP contribution in [-0.4, -0.2) is 22.6 Å². The molecule has 0 unspecified atom stereocenters. The normalized spacial score (nSPS) is 16.1. The van der Waals surface area contributed by atoms with Crippen molar-refractivity contribution in [3.05, 3.63) is 38.9 Å². The van der Waals surface area contributed by atoms with Gasteiger partial charge in [0.05, 0.1) is 10.9 Å². The lowest BCUT2D eigenvalue weighted by molar-refractivity contribution is 0.512. The molecule has 94 valence electrons. The van der Waals surface area contributed by atoms with Crippen molar-refractivity contribution in [1.82, 2.24) is 14.9 Å². The molecule has 0 saturated carbocycles. The van der Waals surface area contributed by atoms with Gasteiger partial charge in [-0.3, -0.25) is 9.36 Å². The number of aromatic nitrogens is 2. The first-order valence-electron chi connectivity index (χ1n) is 6.15. The van der Waals surface area contributed by atoms with E-state index in [4.69, 9.17) is 0 Å². The van der Waals surface area contributed by atoms with Crippen LogP contribution in [-0.2, 0) is 13.0 Å². The van der Waals surface area contributed by atoms with Gasteiger partial charge < -0.3 is 5.32 Å². The molecule has 0 radical (unpaired) electrons. The number of nitrogens with zero attached hydrogens (tertiary/aromatic N) is 2. The van der Waals surface area contributed by atoms with Crippen LogP contribution in [0.25, 0.3) is 10.9 Å². The molecule has 0 saturated heterocycles. The summed E-state index contributed by atoms with van der Waals surface area (Å²) in [4.78, 5) is 17.1. The first-order valence-corrected chi connectivity index (χ1v) is 6.95. The molecule has 0 atom stereocenters. The smallest absolute Gasteiger partial charge is 0.261 e. The Hall–Kier alpha value is -1.20. The van der Waals surface area contributed by atoms with Gasteiger partial charge in [-0.05, 0) is 31.2 Å². The van der Waals surface area contributed by atoms with E-state index in [9.17, 15) is 4.79 Å². The van der Waals surface area contributed by atoms with Crippen molar-refractivity contribution in [2.24, 2.45) is 0 Å². The molecule has 0 fully saturated rings. The van der Waals surface area contributed by atoms with E-state index in [0.717, 1.165) is 41.7 Å². The largest absolute Gasteiger partial charge is 0.315 e. The monoisotopic (exact) mass is 307 g/mol. The van der Waals surface area contributed by atoms with Gasteiger partial charge in [0.15, 0.2) is 0 Å². The van der Waals surface area contributed by atoms with E-state index in [-0.39, 0.29) is 5.56 Å². The van der Waals surface area contributed by atoms with Gasteiger partial charge in [-0.25, -0.2) is 4.98 Å². The molecule has 0 spiro atoms. The Bertz CT molecular complexity index is 650. The highest BCUT2D eigenvalue weighted by molar-refractivity contribution is 9.10. The number of nitrogens with one attached hydrogen (secondary N) is 1. The van der Waals surface area contributed by atoms with E-state index in [1.54, 1.807) is 0 Å². The first-order chi connectivity index (χ1) is 8.75. The van der Waals surface area contributed by atoms with Gasteiger partial charge in [-0.15, -0.1) is 0 Å². The van der Waals surface area contributed by atoms with Gasteiger partial charge in [-0.2, -0.15) is 0 Å². The van der Waals surface area contributed by atoms with Crippen molar-refractivity contribution < 1.29 is 0 Å². The average molecular weight is 308 g/mol. The average Bonchev–Trinajstić information content (AvgIpc) is 2.31. The van der Waals surface area contributed by atoms with E-state index in [0.29, 0.717) is 11.9 Å². The van der Waals surface area contributed by atoms with Crippen LogP contribution in [0.1, 0.15) is 12.2 Å². The predicted molar refractivity (Wildman–Crippen MR) is 74.9 cm³/mol. The summed E-state index contributed by atoms with van der Waals surface area (Å²) in [6, 6.07) is 5.64. The van der Waals surface area contributed by atoms with Gasteiger partial charge >= 0.3 is 0 Å². The molecule has 1 aromatic carbocycles. The molecule has 0 aliphatic carbocycles. The summed E-state index contributed by atoms with van der Waals surface area (Å²) in [6.45, 7) is 2.52. The van der Waals surface area contributed by atoms with Crippen LogP contribution in [0.5, 0.6) is 0 Å². The van der Waals surface area contributed by atoms with Crippen LogP contribution in [0.3, 0.4) is 0 Å². The molecule has 1 aromatic heterocycles. The zero-order valence-electron chi connectivity index (χ0n) is 9.95. The molecule has 1 N–H and O–H groups in total.